The van der Waals surface area contributed by atoms with E-state index < -0.39 is 0 Å². The molecule has 0 aliphatic rings. The summed E-state index contributed by atoms with van der Waals surface area (Å²) >= 11 is 1.19. The topological polar surface area (TPSA) is 71.1 Å². The van der Waals surface area contributed by atoms with Crippen molar-refractivity contribution in [3.8, 4) is 0 Å². The van der Waals surface area contributed by atoms with E-state index in [0.717, 1.165) is 35.2 Å². The van der Waals surface area contributed by atoms with Gasteiger partial charge in [-0.3, -0.25) is 14.9 Å². The Bertz CT molecular complexity index is 1090. The van der Waals surface area contributed by atoms with Gasteiger partial charge in [0.1, 0.15) is 4.88 Å². The monoisotopic (exact) mass is 449 g/mol. The summed E-state index contributed by atoms with van der Waals surface area (Å²) in [5.74, 6) is -0.442. The first-order chi connectivity index (χ1) is 15.3. The second-order valence-corrected chi connectivity index (χ2v) is 9.27. The molecule has 0 fully saturated rings. The highest BCUT2D eigenvalue weighted by atomic mass is 32.1. The lowest BCUT2D eigenvalue weighted by Gasteiger charge is -2.12. The van der Waals surface area contributed by atoms with E-state index in [0.29, 0.717) is 21.3 Å². The lowest BCUT2D eigenvalue weighted by atomic mass is 10.1. The van der Waals surface area contributed by atoms with E-state index in [9.17, 15) is 9.59 Å². The van der Waals surface area contributed by atoms with E-state index in [1.165, 1.54) is 29.7 Å². The maximum Gasteiger partial charge on any atom is 0.267 e. The SMILES string of the molecule is CCCCCc1ccc(C(=O)Nc2nc(C)c(C(=O)Nc3c(C)cc(C)cc3C)s2)cc1. The number of thiazole rings is 1. The van der Waals surface area contributed by atoms with Crippen LogP contribution in [0.15, 0.2) is 36.4 Å². The Morgan fingerprint density at radius 2 is 1.56 bits per heavy atom. The number of nitrogens with zero attached hydrogens (tertiary/aromatic N) is 1. The first-order valence-electron chi connectivity index (χ1n) is 11.1. The standard InChI is InChI=1S/C26H31N3O2S/c1-6-7-8-9-20-10-12-21(13-11-20)24(30)29-26-27-19(5)23(32-26)25(31)28-22-17(3)14-16(2)15-18(22)4/h10-15H,6-9H2,1-5H3,(H,28,31)(H,27,29,30). The minimum atomic E-state index is -0.226. The van der Waals surface area contributed by atoms with Crippen molar-refractivity contribution in [2.45, 2.75) is 60.3 Å². The summed E-state index contributed by atoms with van der Waals surface area (Å²) in [6, 6.07) is 11.8. The average Bonchev–Trinajstić information content (AvgIpc) is 3.11. The minimum absolute atomic E-state index is 0.216. The molecule has 0 unspecified atom stereocenters. The smallest absolute Gasteiger partial charge is 0.267 e. The molecule has 3 aromatic rings. The molecule has 32 heavy (non-hydrogen) atoms. The quantitative estimate of drug-likeness (QED) is 0.380. The van der Waals surface area contributed by atoms with E-state index in [-0.39, 0.29) is 11.8 Å². The summed E-state index contributed by atoms with van der Waals surface area (Å²) in [5, 5.41) is 6.25. The van der Waals surface area contributed by atoms with E-state index >= 15 is 0 Å². The minimum Gasteiger partial charge on any atom is -0.321 e. The summed E-state index contributed by atoms with van der Waals surface area (Å²) in [5.41, 5.74) is 6.42. The van der Waals surface area contributed by atoms with Crippen LogP contribution in [-0.4, -0.2) is 16.8 Å². The molecule has 0 atom stereocenters. The van der Waals surface area contributed by atoms with Gasteiger partial charge < -0.3 is 5.32 Å². The molecule has 6 heteroatoms. The van der Waals surface area contributed by atoms with Crippen molar-refractivity contribution in [3.63, 3.8) is 0 Å². The molecule has 0 spiro atoms. The zero-order valence-corrected chi connectivity index (χ0v) is 20.3. The number of hydrogen-bond acceptors (Lipinski definition) is 4. The molecule has 0 bridgehead atoms. The zero-order valence-electron chi connectivity index (χ0n) is 19.5. The van der Waals surface area contributed by atoms with Gasteiger partial charge in [-0.25, -0.2) is 4.98 Å². The fourth-order valence-electron chi connectivity index (χ4n) is 3.78. The maximum atomic E-state index is 12.9. The van der Waals surface area contributed by atoms with E-state index in [1.807, 2.05) is 57.2 Å². The molecule has 3 rings (SSSR count). The van der Waals surface area contributed by atoms with Crippen molar-refractivity contribution in [1.29, 1.82) is 0 Å². The molecule has 0 aliphatic carbocycles. The molecule has 2 aromatic carbocycles. The molecule has 168 valence electrons. The molecular formula is C26H31N3O2S. The van der Waals surface area contributed by atoms with Gasteiger partial charge in [0.15, 0.2) is 5.13 Å². The van der Waals surface area contributed by atoms with Gasteiger partial charge in [-0.1, -0.05) is 60.9 Å². The normalized spacial score (nSPS) is 10.8. The van der Waals surface area contributed by atoms with Gasteiger partial charge in [0.25, 0.3) is 11.8 Å². The Morgan fingerprint density at radius 1 is 0.906 bits per heavy atom. The molecule has 0 saturated heterocycles. The Kier molecular flexibility index (Phi) is 7.80. The lowest BCUT2D eigenvalue weighted by molar-refractivity contribution is 0.102. The highest BCUT2D eigenvalue weighted by Crippen LogP contribution is 2.27. The fraction of sp³-hybridized carbons (Fsp3) is 0.346. The van der Waals surface area contributed by atoms with E-state index in [4.69, 9.17) is 0 Å². The van der Waals surface area contributed by atoms with Gasteiger partial charge in [0, 0.05) is 11.3 Å². The van der Waals surface area contributed by atoms with Crippen molar-refractivity contribution in [1.82, 2.24) is 4.98 Å². The number of hydrogen-bond donors (Lipinski definition) is 2. The van der Waals surface area contributed by atoms with Crippen LogP contribution < -0.4 is 10.6 Å². The van der Waals surface area contributed by atoms with Gasteiger partial charge in [0.2, 0.25) is 0 Å². The van der Waals surface area contributed by atoms with Crippen LogP contribution in [0.25, 0.3) is 0 Å². The van der Waals surface area contributed by atoms with Crippen molar-refractivity contribution in [2.75, 3.05) is 10.6 Å². The summed E-state index contributed by atoms with van der Waals surface area (Å²) < 4.78 is 0. The molecule has 0 aliphatic heterocycles. The summed E-state index contributed by atoms with van der Waals surface area (Å²) in [4.78, 5) is 30.4. The molecular weight excluding hydrogens is 418 g/mol. The van der Waals surface area contributed by atoms with Gasteiger partial charge in [-0.05, 0) is 69.4 Å². The number of carbonyl (C=O) groups excluding carboxylic acids is 2. The van der Waals surface area contributed by atoms with Crippen molar-refractivity contribution >= 4 is 34.0 Å². The molecule has 1 aromatic heterocycles. The summed E-state index contributed by atoms with van der Waals surface area (Å²) in [7, 11) is 0. The molecule has 0 radical (unpaired) electrons. The predicted molar refractivity (Wildman–Crippen MR) is 133 cm³/mol. The van der Waals surface area contributed by atoms with Crippen LogP contribution in [0, 0.1) is 27.7 Å². The van der Waals surface area contributed by atoms with Crippen molar-refractivity contribution in [3.05, 3.63) is 74.8 Å². The number of amides is 2. The van der Waals surface area contributed by atoms with Crippen LogP contribution in [0.5, 0.6) is 0 Å². The Labute approximate surface area is 194 Å². The molecule has 2 amide bonds. The largest absolute Gasteiger partial charge is 0.321 e. The number of anilines is 2. The third kappa shape index (κ3) is 5.82. The van der Waals surface area contributed by atoms with Gasteiger partial charge >= 0.3 is 0 Å². The molecule has 1 heterocycles. The number of aryl methyl sites for hydroxylation is 5. The van der Waals surface area contributed by atoms with Crippen LogP contribution >= 0.6 is 11.3 Å². The molecule has 2 N–H and O–H groups in total. The highest BCUT2D eigenvalue weighted by molar-refractivity contribution is 7.17. The summed E-state index contributed by atoms with van der Waals surface area (Å²) in [6.45, 7) is 9.97. The molecule has 5 nitrogen and oxygen atoms in total. The third-order valence-corrected chi connectivity index (χ3v) is 6.50. The zero-order chi connectivity index (χ0) is 23.3. The first kappa shape index (κ1) is 23.7. The van der Waals surface area contributed by atoms with Crippen LogP contribution in [0.2, 0.25) is 0 Å². The Balaban J connectivity index is 1.67. The summed E-state index contributed by atoms with van der Waals surface area (Å²) in [6.07, 6.45) is 4.59. The Morgan fingerprint density at radius 3 is 2.19 bits per heavy atom. The second kappa shape index (κ2) is 10.6. The predicted octanol–water partition coefficient (Wildman–Crippen LogP) is 6.61. The van der Waals surface area contributed by atoms with Gasteiger partial charge in [-0.15, -0.1) is 0 Å². The number of rotatable bonds is 8. The number of nitrogens with one attached hydrogen (secondary N) is 2. The van der Waals surface area contributed by atoms with E-state index in [2.05, 4.69) is 22.5 Å². The third-order valence-electron chi connectivity index (χ3n) is 5.42. The van der Waals surface area contributed by atoms with Gasteiger partial charge in [0.05, 0.1) is 5.69 Å². The number of carbonyl (C=O) groups is 2. The van der Waals surface area contributed by atoms with Crippen LogP contribution in [-0.2, 0) is 6.42 Å². The van der Waals surface area contributed by atoms with Crippen molar-refractivity contribution in [2.24, 2.45) is 0 Å². The van der Waals surface area contributed by atoms with Crippen LogP contribution in [0.1, 0.15) is 74.2 Å². The second-order valence-electron chi connectivity index (χ2n) is 8.27. The average molecular weight is 450 g/mol. The maximum absolute atomic E-state index is 12.9. The van der Waals surface area contributed by atoms with Crippen LogP contribution in [0.4, 0.5) is 10.8 Å². The lowest BCUT2D eigenvalue weighted by Crippen LogP contribution is -2.13. The molecule has 0 saturated carbocycles. The number of unbranched alkanes of at least 4 members (excludes halogenated alkanes) is 2. The first-order valence-corrected chi connectivity index (χ1v) is 11.9. The van der Waals surface area contributed by atoms with E-state index in [1.54, 1.807) is 6.92 Å². The van der Waals surface area contributed by atoms with Crippen LogP contribution in [0.3, 0.4) is 0 Å². The van der Waals surface area contributed by atoms with Gasteiger partial charge in [-0.2, -0.15) is 0 Å². The Hall–Kier alpha value is -2.99. The number of aromatic nitrogens is 1. The van der Waals surface area contributed by atoms with Crippen molar-refractivity contribution < 1.29 is 9.59 Å². The number of benzene rings is 2. The highest BCUT2D eigenvalue weighted by Gasteiger charge is 2.18. The fourth-order valence-corrected chi connectivity index (χ4v) is 4.64.